The van der Waals surface area contributed by atoms with E-state index in [4.69, 9.17) is 10.6 Å². The van der Waals surface area contributed by atoms with E-state index in [9.17, 15) is 0 Å². The lowest BCUT2D eigenvalue weighted by Gasteiger charge is -2.24. The minimum Gasteiger partial charge on any atom is -0.368 e. The SMILES string of the molecule is NC1=NC(c2ccccc2)(c2ccccc2)ON1. The molecule has 1 aliphatic heterocycles. The first kappa shape index (κ1) is 10.8. The van der Waals surface area contributed by atoms with E-state index in [1.807, 2.05) is 60.7 Å². The van der Waals surface area contributed by atoms with Gasteiger partial charge in [-0.1, -0.05) is 60.7 Å². The molecule has 0 unspecified atom stereocenters. The molecular formula is C14H13N3O. The molecule has 18 heavy (non-hydrogen) atoms. The lowest BCUT2D eigenvalue weighted by Crippen LogP contribution is -2.30. The Kier molecular flexibility index (Phi) is 2.50. The van der Waals surface area contributed by atoms with E-state index in [0.29, 0.717) is 0 Å². The minimum atomic E-state index is -0.896. The number of guanidine groups is 1. The molecule has 0 spiro atoms. The first-order valence-electron chi connectivity index (χ1n) is 5.72. The zero-order valence-corrected chi connectivity index (χ0v) is 9.71. The molecule has 4 heteroatoms. The van der Waals surface area contributed by atoms with Crippen molar-refractivity contribution < 1.29 is 4.84 Å². The van der Waals surface area contributed by atoms with E-state index in [2.05, 4.69) is 10.5 Å². The molecule has 4 nitrogen and oxygen atoms in total. The molecule has 2 aromatic rings. The van der Waals surface area contributed by atoms with Crippen LogP contribution in [0.3, 0.4) is 0 Å². The number of hydrogen-bond donors (Lipinski definition) is 2. The molecule has 0 saturated carbocycles. The van der Waals surface area contributed by atoms with Crippen molar-refractivity contribution in [1.29, 1.82) is 0 Å². The van der Waals surface area contributed by atoms with Gasteiger partial charge in [-0.2, -0.15) is 0 Å². The van der Waals surface area contributed by atoms with Crippen molar-refractivity contribution in [3.8, 4) is 0 Å². The van der Waals surface area contributed by atoms with Gasteiger partial charge in [-0.25, -0.2) is 15.3 Å². The molecule has 0 fully saturated rings. The van der Waals surface area contributed by atoms with Crippen LogP contribution >= 0.6 is 0 Å². The third-order valence-electron chi connectivity index (χ3n) is 2.91. The maximum absolute atomic E-state index is 5.70. The van der Waals surface area contributed by atoms with Crippen LogP contribution < -0.4 is 11.2 Å². The minimum absolute atomic E-state index is 0.280. The molecular weight excluding hydrogens is 226 g/mol. The average Bonchev–Trinajstić information content (AvgIpc) is 2.84. The summed E-state index contributed by atoms with van der Waals surface area (Å²) in [5.74, 6) is 0.280. The fraction of sp³-hybridized carbons (Fsp3) is 0.0714. The summed E-state index contributed by atoms with van der Waals surface area (Å²) in [4.78, 5) is 10.1. The Balaban J connectivity index is 2.18. The van der Waals surface area contributed by atoms with Crippen molar-refractivity contribution in [2.75, 3.05) is 0 Å². The molecule has 3 N–H and O–H groups in total. The van der Waals surface area contributed by atoms with Crippen LogP contribution in [0.5, 0.6) is 0 Å². The van der Waals surface area contributed by atoms with Gasteiger partial charge in [-0.05, 0) is 0 Å². The summed E-state index contributed by atoms with van der Waals surface area (Å²) in [6.45, 7) is 0. The van der Waals surface area contributed by atoms with Gasteiger partial charge < -0.3 is 5.73 Å². The molecule has 0 saturated heterocycles. The zero-order chi connectivity index (χ0) is 12.4. The van der Waals surface area contributed by atoms with E-state index in [0.717, 1.165) is 11.1 Å². The van der Waals surface area contributed by atoms with Crippen LogP contribution in [0.4, 0.5) is 0 Å². The smallest absolute Gasteiger partial charge is 0.239 e. The highest BCUT2D eigenvalue weighted by atomic mass is 16.7. The third-order valence-corrected chi connectivity index (χ3v) is 2.91. The highest BCUT2D eigenvalue weighted by molar-refractivity contribution is 5.79. The van der Waals surface area contributed by atoms with Crippen LogP contribution in [-0.2, 0) is 10.6 Å². The fourth-order valence-corrected chi connectivity index (χ4v) is 2.08. The maximum atomic E-state index is 5.70. The van der Waals surface area contributed by atoms with Crippen LogP contribution in [0.1, 0.15) is 11.1 Å². The van der Waals surface area contributed by atoms with Gasteiger partial charge in [0.1, 0.15) is 0 Å². The van der Waals surface area contributed by atoms with Crippen molar-refractivity contribution in [2.45, 2.75) is 5.72 Å². The second-order valence-corrected chi connectivity index (χ2v) is 4.08. The first-order chi connectivity index (χ1) is 8.81. The van der Waals surface area contributed by atoms with Crippen molar-refractivity contribution in [1.82, 2.24) is 5.48 Å². The normalized spacial score (nSPS) is 17.0. The topological polar surface area (TPSA) is 59.6 Å². The molecule has 0 bridgehead atoms. The van der Waals surface area contributed by atoms with Gasteiger partial charge in [0, 0.05) is 11.1 Å². The van der Waals surface area contributed by atoms with Gasteiger partial charge in [0.25, 0.3) is 0 Å². The molecule has 2 aromatic carbocycles. The summed E-state index contributed by atoms with van der Waals surface area (Å²) in [5, 5.41) is 0. The average molecular weight is 239 g/mol. The number of aliphatic imine (C=N–C) groups is 1. The van der Waals surface area contributed by atoms with Crippen LogP contribution in [0, 0.1) is 0 Å². The summed E-state index contributed by atoms with van der Waals surface area (Å²) in [6.07, 6.45) is 0. The number of benzene rings is 2. The highest BCUT2D eigenvalue weighted by Gasteiger charge is 2.40. The molecule has 0 aliphatic carbocycles. The number of nitrogens with one attached hydrogen (secondary N) is 1. The predicted molar refractivity (Wildman–Crippen MR) is 69.5 cm³/mol. The zero-order valence-electron chi connectivity index (χ0n) is 9.71. The lowest BCUT2D eigenvalue weighted by atomic mass is 9.95. The van der Waals surface area contributed by atoms with Crippen molar-refractivity contribution >= 4 is 5.96 Å². The van der Waals surface area contributed by atoms with Gasteiger partial charge in [0.05, 0.1) is 0 Å². The maximum Gasteiger partial charge on any atom is 0.239 e. The van der Waals surface area contributed by atoms with Crippen LogP contribution in [0.25, 0.3) is 0 Å². The molecule has 0 radical (unpaired) electrons. The molecule has 1 aliphatic rings. The number of nitrogens with two attached hydrogens (primary N) is 1. The summed E-state index contributed by atoms with van der Waals surface area (Å²) in [6, 6.07) is 19.6. The second-order valence-electron chi connectivity index (χ2n) is 4.08. The monoisotopic (exact) mass is 239 g/mol. The Bertz CT molecular complexity index is 527. The molecule has 0 atom stereocenters. The summed E-state index contributed by atoms with van der Waals surface area (Å²) < 4.78 is 0. The standard InChI is InChI=1S/C14H13N3O/c15-13-16-14(18-17-13,11-7-3-1-4-8-11)12-9-5-2-6-10-12/h1-10H,(H3,15,16,17). The first-order valence-corrected chi connectivity index (χ1v) is 5.72. The van der Waals surface area contributed by atoms with Gasteiger partial charge >= 0.3 is 0 Å². The predicted octanol–water partition coefficient (Wildman–Crippen LogP) is 1.74. The molecule has 1 heterocycles. The largest absolute Gasteiger partial charge is 0.368 e. The fourth-order valence-electron chi connectivity index (χ4n) is 2.08. The van der Waals surface area contributed by atoms with E-state index < -0.39 is 5.72 Å². The molecule has 0 aromatic heterocycles. The van der Waals surface area contributed by atoms with E-state index in [1.165, 1.54) is 0 Å². The second kappa shape index (κ2) is 4.16. The Morgan fingerprint density at radius 3 is 1.78 bits per heavy atom. The van der Waals surface area contributed by atoms with Gasteiger partial charge in [-0.3, -0.25) is 0 Å². The van der Waals surface area contributed by atoms with Crippen molar-refractivity contribution in [3.63, 3.8) is 0 Å². The number of hydrogen-bond acceptors (Lipinski definition) is 4. The van der Waals surface area contributed by atoms with E-state index >= 15 is 0 Å². The molecule has 0 amide bonds. The quantitative estimate of drug-likeness (QED) is 0.839. The van der Waals surface area contributed by atoms with Crippen LogP contribution in [0.15, 0.2) is 65.7 Å². The van der Waals surface area contributed by atoms with Crippen LogP contribution in [-0.4, -0.2) is 5.96 Å². The Labute approximate surface area is 105 Å². The third kappa shape index (κ3) is 1.63. The Morgan fingerprint density at radius 2 is 1.39 bits per heavy atom. The summed E-state index contributed by atoms with van der Waals surface area (Å²) >= 11 is 0. The number of hydroxylamine groups is 1. The van der Waals surface area contributed by atoms with Gasteiger partial charge in [-0.15, -0.1) is 0 Å². The number of rotatable bonds is 2. The Morgan fingerprint density at radius 1 is 0.889 bits per heavy atom. The number of nitrogens with zero attached hydrogens (tertiary/aromatic N) is 1. The van der Waals surface area contributed by atoms with Crippen LogP contribution in [0.2, 0.25) is 0 Å². The summed E-state index contributed by atoms with van der Waals surface area (Å²) in [7, 11) is 0. The van der Waals surface area contributed by atoms with Gasteiger partial charge in [0.2, 0.25) is 11.7 Å². The Hall–Kier alpha value is -2.33. The van der Waals surface area contributed by atoms with Crippen molar-refractivity contribution in [2.24, 2.45) is 10.7 Å². The molecule has 90 valence electrons. The van der Waals surface area contributed by atoms with Gasteiger partial charge in [0.15, 0.2) is 0 Å². The van der Waals surface area contributed by atoms with Crippen molar-refractivity contribution in [3.05, 3.63) is 71.8 Å². The summed E-state index contributed by atoms with van der Waals surface area (Å²) in [5.41, 5.74) is 9.31. The van der Waals surface area contributed by atoms with E-state index in [-0.39, 0.29) is 5.96 Å². The van der Waals surface area contributed by atoms with E-state index in [1.54, 1.807) is 0 Å². The molecule has 3 rings (SSSR count). The lowest BCUT2D eigenvalue weighted by molar-refractivity contribution is -0.0289. The highest BCUT2D eigenvalue weighted by Crippen LogP contribution is 2.36.